The van der Waals surface area contributed by atoms with Crippen molar-refractivity contribution in [2.75, 3.05) is 26.7 Å². The molecule has 124 valence electrons. The first-order chi connectivity index (χ1) is 10.9. The SMILES string of the molecule is CC(C)[C@@H]1CN(C)CCN1Cc1cc(=O)n2cc(Cl)ccc2n1. The van der Waals surface area contributed by atoms with Gasteiger partial charge in [-0.15, -0.1) is 0 Å². The van der Waals surface area contributed by atoms with E-state index in [1.807, 2.05) is 0 Å². The van der Waals surface area contributed by atoms with Gasteiger partial charge < -0.3 is 4.90 Å². The Hall–Kier alpha value is -1.43. The summed E-state index contributed by atoms with van der Waals surface area (Å²) >= 11 is 5.95. The lowest BCUT2D eigenvalue weighted by molar-refractivity contribution is 0.0561. The molecule has 0 N–H and O–H groups in total. The van der Waals surface area contributed by atoms with Crippen molar-refractivity contribution in [3.05, 3.63) is 45.5 Å². The lowest BCUT2D eigenvalue weighted by atomic mass is 9.99. The summed E-state index contributed by atoms with van der Waals surface area (Å²) in [6.45, 7) is 8.32. The summed E-state index contributed by atoms with van der Waals surface area (Å²) < 4.78 is 1.50. The predicted molar refractivity (Wildman–Crippen MR) is 93.0 cm³/mol. The lowest BCUT2D eigenvalue weighted by Crippen LogP contribution is -2.53. The highest BCUT2D eigenvalue weighted by atomic mass is 35.5. The molecule has 0 aromatic carbocycles. The molecule has 0 saturated carbocycles. The van der Waals surface area contributed by atoms with E-state index in [2.05, 4.69) is 35.7 Å². The van der Waals surface area contributed by atoms with Crippen molar-refractivity contribution in [1.29, 1.82) is 0 Å². The highest BCUT2D eigenvalue weighted by Crippen LogP contribution is 2.18. The third kappa shape index (κ3) is 3.57. The summed E-state index contributed by atoms with van der Waals surface area (Å²) in [7, 11) is 2.16. The van der Waals surface area contributed by atoms with Crippen LogP contribution in [0.15, 0.2) is 29.2 Å². The van der Waals surface area contributed by atoms with E-state index in [0.717, 1.165) is 25.3 Å². The third-order valence-electron chi connectivity index (χ3n) is 4.55. The number of halogens is 1. The second-order valence-electron chi connectivity index (χ2n) is 6.71. The van der Waals surface area contributed by atoms with E-state index < -0.39 is 0 Å². The molecule has 0 unspecified atom stereocenters. The fourth-order valence-electron chi connectivity index (χ4n) is 3.23. The zero-order chi connectivity index (χ0) is 16.6. The first-order valence-electron chi connectivity index (χ1n) is 8.04. The molecule has 1 saturated heterocycles. The molecule has 3 heterocycles. The Labute approximate surface area is 141 Å². The van der Waals surface area contributed by atoms with Crippen LogP contribution in [0.3, 0.4) is 0 Å². The van der Waals surface area contributed by atoms with Crippen LogP contribution < -0.4 is 5.56 Å². The van der Waals surface area contributed by atoms with Crippen LogP contribution in [-0.4, -0.2) is 51.9 Å². The molecule has 0 spiro atoms. The van der Waals surface area contributed by atoms with Crippen molar-refractivity contribution in [3.8, 4) is 0 Å². The van der Waals surface area contributed by atoms with Gasteiger partial charge in [0.15, 0.2) is 0 Å². The molecule has 0 amide bonds. The predicted octanol–water partition coefficient (Wildman–Crippen LogP) is 2.12. The summed E-state index contributed by atoms with van der Waals surface area (Å²) in [5.41, 5.74) is 1.39. The van der Waals surface area contributed by atoms with Gasteiger partial charge in [0.25, 0.3) is 5.56 Å². The van der Waals surface area contributed by atoms with Crippen molar-refractivity contribution in [2.45, 2.75) is 26.4 Å². The second kappa shape index (κ2) is 6.59. The third-order valence-corrected chi connectivity index (χ3v) is 4.77. The minimum Gasteiger partial charge on any atom is -0.304 e. The van der Waals surface area contributed by atoms with E-state index in [9.17, 15) is 4.79 Å². The topological polar surface area (TPSA) is 40.9 Å². The number of piperazine rings is 1. The molecule has 2 aromatic heterocycles. The highest BCUT2D eigenvalue weighted by molar-refractivity contribution is 6.30. The Kier molecular flexibility index (Phi) is 4.71. The van der Waals surface area contributed by atoms with Crippen molar-refractivity contribution in [2.24, 2.45) is 5.92 Å². The van der Waals surface area contributed by atoms with Crippen LogP contribution in [0.25, 0.3) is 5.65 Å². The number of pyridine rings is 1. The quantitative estimate of drug-likeness (QED) is 0.862. The maximum atomic E-state index is 12.3. The molecule has 5 nitrogen and oxygen atoms in total. The van der Waals surface area contributed by atoms with Gasteiger partial charge in [0.1, 0.15) is 5.65 Å². The van der Waals surface area contributed by atoms with Crippen LogP contribution in [0.5, 0.6) is 0 Å². The number of nitrogens with zero attached hydrogens (tertiary/aromatic N) is 4. The van der Waals surface area contributed by atoms with Crippen molar-refractivity contribution in [3.63, 3.8) is 0 Å². The maximum absolute atomic E-state index is 12.3. The van der Waals surface area contributed by atoms with E-state index in [1.54, 1.807) is 24.4 Å². The number of likely N-dealkylation sites (N-methyl/N-ethyl adjacent to an activating group) is 1. The van der Waals surface area contributed by atoms with Gasteiger partial charge in [-0.05, 0) is 25.1 Å². The monoisotopic (exact) mass is 334 g/mol. The Morgan fingerprint density at radius 3 is 2.87 bits per heavy atom. The van der Waals surface area contributed by atoms with Gasteiger partial charge >= 0.3 is 0 Å². The molecule has 1 aliphatic rings. The van der Waals surface area contributed by atoms with Crippen LogP contribution in [-0.2, 0) is 6.54 Å². The standard InChI is InChI=1S/C17H23ClN4O/c1-12(2)15-11-20(3)6-7-21(15)10-14-8-17(23)22-9-13(18)4-5-16(22)19-14/h4-5,8-9,12,15H,6-7,10-11H2,1-3H3/t15-/m0/s1. The molecule has 0 aliphatic carbocycles. The van der Waals surface area contributed by atoms with E-state index in [-0.39, 0.29) is 5.56 Å². The minimum atomic E-state index is -0.0808. The van der Waals surface area contributed by atoms with Crippen molar-refractivity contribution < 1.29 is 0 Å². The summed E-state index contributed by atoms with van der Waals surface area (Å²) in [4.78, 5) is 21.7. The summed E-state index contributed by atoms with van der Waals surface area (Å²) in [5.74, 6) is 0.568. The average Bonchev–Trinajstić information content (AvgIpc) is 2.50. The van der Waals surface area contributed by atoms with Crippen LogP contribution in [0, 0.1) is 5.92 Å². The number of hydrogen-bond acceptors (Lipinski definition) is 4. The van der Waals surface area contributed by atoms with Gasteiger partial charge in [0.05, 0.1) is 10.7 Å². The lowest BCUT2D eigenvalue weighted by Gasteiger charge is -2.42. The molecule has 6 heteroatoms. The number of aromatic nitrogens is 2. The van der Waals surface area contributed by atoms with Gasteiger partial charge in [0.2, 0.25) is 0 Å². The number of fused-ring (bicyclic) bond motifs is 1. The largest absolute Gasteiger partial charge is 0.304 e. The van der Waals surface area contributed by atoms with Crippen molar-refractivity contribution in [1.82, 2.24) is 19.2 Å². The molecule has 1 atom stereocenters. The minimum absolute atomic E-state index is 0.0808. The molecule has 2 aromatic rings. The normalized spacial score (nSPS) is 20.5. The molecule has 0 radical (unpaired) electrons. The van der Waals surface area contributed by atoms with Gasteiger partial charge in [-0.3, -0.25) is 14.1 Å². The van der Waals surface area contributed by atoms with Crippen LogP contribution >= 0.6 is 11.6 Å². The zero-order valence-corrected chi connectivity index (χ0v) is 14.6. The number of rotatable bonds is 3. The second-order valence-corrected chi connectivity index (χ2v) is 7.14. The van der Waals surface area contributed by atoms with Crippen LogP contribution in [0.2, 0.25) is 5.02 Å². The van der Waals surface area contributed by atoms with E-state index >= 15 is 0 Å². The molecular weight excluding hydrogens is 312 g/mol. The first-order valence-corrected chi connectivity index (χ1v) is 8.42. The summed E-state index contributed by atoms with van der Waals surface area (Å²) in [5, 5.41) is 0.535. The Morgan fingerprint density at radius 1 is 1.35 bits per heavy atom. The van der Waals surface area contributed by atoms with Crippen LogP contribution in [0.4, 0.5) is 0 Å². The molecule has 1 fully saturated rings. The van der Waals surface area contributed by atoms with E-state index in [4.69, 9.17) is 11.6 Å². The van der Waals surface area contributed by atoms with E-state index in [0.29, 0.717) is 29.2 Å². The van der Waals surface area contributed by atoms with Crippen LogP contribution in [0.1, 0.15) is 19.5 Å². The summed E-state index contributed by atoms with van der Waals surface area (Å²) in [6, 6.07) is 5.66. The molecule has 0 bridgehead atoms. The fourth-order valence-corrected chi connectivity index (χ4v) is 3.40. The fraction of sp³-hybridized carbons (Fsp3) is 0.529. The van der Waals surface area contributed by atoms with Gasteiger partial charge in [-0.25, -0.2) is 4.98 Å². The molecular formula is C17H23ClN4O. The smallest absolute Gasteiger partial charge is 0.258 e. The molecule has 23 heavy (non-hydrogen) atoms. The Balaban J connectivity index is 1.88. The molecule has 3 rings (SSSR count). The first kappa shape index (κ1) is 16.4. The van der Waals surface area contributed by atoms with E-state index in [1.165, 1.54) is 4.40 Å². The average molecular weight is 335 g/mol. The van der Waals surface area contributed by atoms with Gasteiger partial charge in [0, 0.05) is 44.5 Å². The Bertz CT molecular complexity index is 758. The van der Waals surface area contributed by atoms with Crippen molar-refractivity contribution >= 4 is 17.2 Å². The Morgan fingerprint density at radius 2 is 2.13 bits per heavy atom. The zero-order valence-electron chi connectivity index (χ0n) is 13.9. The number of hydrogen-bond donors (Lipinski definition) is 0. The highest BCUT2D eigenvalue weighted by Gasteiger charge is 2.27. The van der Waals surface area contributed by atoms with Gasteiger partial charge in [-0.1, -0.05) is 25.4 Å². The summed E-state index contributed by atoms with van der Waals surface area (Å²) in [6.07, 6.45) is 1.61. The molecule has 1 aliphatic heterocycles. The van der Waals surface area contributed by atoms with Gasteiger partial charge in [-0.2, -0.15) is 0 Å². The maximum Gasteiger partial charge on any atom is 0.258 e.